The van der Waals surface area contributed by atoms with Crippen LogP contribution in [0.3, 0.4) is 0 Å². The van der Waals surface area contributed by atoms with E-state index in [1.807, 2.05) is 31.4 Å². The fourth-order valence-electron chi connectivity index (χ4n) is 3.29. The van der Waals surface area contributed by atoms with Gasteiger partial charge in [-0.25, -0.2) is 4.90 Å². The molecule has 0 bridgehead atoms. The van der Waals surface area contributed by atoms with Crippen LogP contribution < -0.4 is 9.64 Å². The van der Waals surface area contributed by atoms with Gasteiger partial charge in [0.1, 0.15) is 11.8 Å². The minimum Gasteiger partial charge on any atom is -0.494 e. The Morgan fingerprint density at radius 3 is 2.57 bits per heavy atom. The zero-order chi connectivity index (χ0) is 20.1. The van der Waals surface area contributed by atoms with Crippen LogP contribution in [-0.4, -0.2) is 35.3 Å². The first-order valence-electron chi connectivity index (χ1n) is 9.46. The van der Waals surface area contributed by atoms with Crippen LogP contribution in [0.25, 0.3) is 0 Å². The summed E-state index contributed by atoms with van der Waals surface area (Å²) in [5.74, 6) is -0.0651. The molecule has 0 saturated carbocycles. The lowest BCUT2D eigenvalue weighted by Gasteiger charge is -2.27. The van der Waals surface area contributed by atoms with Gasteiger partial charge in [0.05, 0.1) is 25.3 Å². The lowest BCUT2D eigenvalue weighted by atomic mass is 10.1. The van der Waals surface area contributed by atoms with Crippen LogP contribution >= 0.6 is 11.3 Å². The van der Waals surface area contributed by atoms with Crippen molar-refractivity contribution < 1.29 is 19.1 Å². The quantitative estimate of drug-likeness (QED) is 0.635. The van der Waals surface area contributed by atoms with E-state index in [1.54, 1.807) is 29.2 Å². The van der Waals surface area contributed by atoms with Crippen LogP contribution in [0.2, 0.25) is 0 Å². The maximum absolute atomic E-state index is 13.1. The second-order valence-electron chi connectivity index (χ2n) is 6.57. The minimum absolute atomic E-state index is 0.00682. The fourth-order valence-corrected chi connectivity index (χ4v) is 3.99. The maximum atomic E-state index is 13.1. The van der Waals surface area contributed by atoms with E-state index >= 15 is 0 Å². The average molecular weight is 401 g/mol. The monoisotopic (exact) mass is 400 g/mol. The van der Waals surface area contributed by atoms with Crippen LogP contribution in [0.1, 0.15) is 38.0 Å². The molecule has 1 fully saturated rings. The van der Waals surface area contributed by atoms with E-state index in [0.717, 1.165) is 4.88 Å². The molecule has 1 atom stereocenters. The summed E-state index contributed by atoms with van der Waals surface area (Å²) in [7, 11) is 0. The Labute approximate surface area is 168 Å². The standard InChI is InChI=1S/C21H24N2O4S/c1-3-6-19(24)22(14-17-7-5-12-28-17)18-13-20(25)23(21(18)26)15-8-10-16(11-9-15)27-4-2/h5,7-12,18H,3-4,6,13-14H2,1-2H3. The summed E-state index contributed by atoms with van der Waals surface area (Å²) in [6.07, 6.45) is 1.05. The highest BCUT2D eigenvalue weighted by Gasteiger charge is 2.44. The van der Waals surface area contributed by atoms with Gasteiger partial charge in [0.2, 0.25) is 11.8 Å². The summed E-state index contributed by atoms with van der Waals surface area (Å²) in [5.41, 5.74) is 0.500. The van der Waals surface area contributed by atoms with Gasteiger partial charge in [0, 0.05) is 11.3 Å². The second kappa shape index (κ2) is 9.01. The minimum atomic E-state index is -0.764. The number of carbonyl (C=O) groups excluding carboxylic acids is 3. The van der Waals surface area contributed by atoms with E-state index in [4.69, 9.17) is 4.74 Å². The molecule has 0 N–H and O–H groups in total. The molecule has 28 heavy (non-hydrogen) atoms. The van der Waals surface area contributed by atoms with Gasteiger partial charge in [-0.15, -0.1) is 11.3 Å². The predicted molar refractivity (Wildman–Crippen MR) is 108 cm³/mol. The molecule has 1 aromatic heterocycles. The number of anilines is 1. The normalized spacial score (nSPS) is 16.5. The molecule has 2 heterocycles. The molecule has 0 aliphatic carbocycles. The van der Waals surface area contributed by atoms with E-state index in [0.29, 0.717) is 37.4 Å². The van der Waals surface area contributed by atoms with E-state index < -0.39 is 6.04 Å². The van der Waals surface area contributed by atoms with Crippen molar-refractivity contribution in [3.63, 3.8) is 0 Å². The van der Waals surface area contributed by atoms with Crippen molar-refractivity contribution in [3.05, 3.63) is 46.7 Å². The highest BCUT2D eigenvalue weighted by Crippen LogP contribution is 2.29. The van der Waals surface area contributed by atoms with Crippen molar-refractivity contribution in [1.82, 2.24) is 4.90 Å². The topological polar surface area (TPSA) is 66.9 Å². The average Bonchev–Trinajstić information content (AvgIpc) is 3.29. The number of hydrogen-bond donors (Lipinski definition) is 0. The number of nitrogens with zero attached hydrogens (tertiary/aromatic N) is 2. The van der Waals surface area contributed by atoms with Crippen molar-refractivity contribution in [2.45, 2.75) is 45.7 Å². The third-order valence-electron chi connectivity index (χ3n) is 4.60. The molecule has 2 aromatic rings. The molecule has 3 amide bonds. The van der Waals surface area contributed by atoms with Crippen LogP contribution in [0.4, 0.5) is 5.69 Å². The Morgan fingerprint density at radius 1 is 1.21 bits per heavy atom. The fraction of sp³-hybridized carbons (Fsp3) is 0.381. The van der Waals surface area contributed by atoms with Gasteiger partial charge < -0.3 is 9.64 Å². The summed E-state index contributed by atoms with van der Waals surface area (Å²) in [6, 6.07) is 9.94. The van der Waals surface area contributed by atoms with Crippen LogP contribution in [0, 0.1) is 0 Å². The lowest BCUT2D eigenvalue weighted by molar-refractivity contribution is -0.139. The smallest absolute Gasteiger partial charge is 0.257 e. The number of ether oxygens (including phenoxy) is 1. The SMILES string of the molecule is CCCC(=O)N(Cc1cccs1)C1CC(=O)N(c2ccc(OCC)cc2)C1=O. The van der Waals surface area contributed by atoms with Crippen molar-refractivity contribution in [2.75, 3.05) is 11.5 Å². The number of hydrogen-bond acceptors (Lipinski definition) is 5. The van der Waals surface area contributed by atoms with Gasteiger partial charge in [-0.3, -0.25) is 14.4 Å². The molecule has 3 rings (SSSR count). The van der Waals surface area contributed by atoms with Crippen molar-refractivity contribution >= 4 is 34.7 Å². The van der Waals surface area contributed by atoms with Gasteiger partial charge in [0.15, 0.2) is 0 Å². The maximum Gasteiger partial charge on any atom is 0.257 e. The summed E-state index contributed by atoms with van der Waals surface area (Å²) < 4.78 is 5.41. The summed E-state index contributed by atoms with van der Waals surface area (Å²) >= 11 is 1.53. The third kappa shape index (κ3) is 4.25. The highest BCUT2D eigenvalue weighted by molar-refractivity contribution is 7.09. The first-order valence-corrected chi connectivity index (χ1v) is 10.3. The largest absolute Gasteiger partial charge is 0.494 e. The number of imide groups is 1. The number of benzene rings is 1. The molecule has 7 heteroatoms. The van der Waals surface area contributed by atoms with Gasteiger partial charge in [-0.05, 0) is 49.1 Å². The molecule has 1 aromatic carbocycles. The zero-order valence-corrected chi connectivity index (χ0v) is 16.9. The van der Waals surface area contributed by atoms with Crippen LogP contribution in [-0.2, 0) is 20.9 Å². The van der Waals surface area contributed by atoms with Crippen molar-refractivity contribution in [2.24, 2.45) is 0 Å². The van der Waals surface area contributed by atoms with Crippen LogP contribution in [0.5, 0.6) is 5.75 Å². The van der Waals surface area contributed by atoms with Crippen molar-refractivity contribution in [1.29, 1.82) is 0 Å². The van der Waals surface area contributed by atoms with E-state index in [1.165, 1.54) is 16.2 Å². The van der Waals surface area contributed by atoms with Gasteiger partial charge in [0.25, 0.3) is 5.91 Å². The number of thiophene rings is 1. The number of carbonyl (C=O) groups is 3. The van der Waals surface area contributed by atoms with Gasteiger partial charge >= 0.3 is 0 Å². The molecule has 1 aliphatic rings. The molecular weight excluding hydrogens is 376 g/mol. The van der Waals surface area contributed by atoms with E-state index in [9.17, 15) is 14.4 Å². The molecular formula is C21H24N2O4S. The molecule has 6 nitrogen and oxygen atoms in total. The zero-order valence-electron chi connectivity index (χ0n) is 16.1. The van der Waals surface area contributed by atoms with Crippen LogP contribution in [0.15, 0.2) is 41.8 Å². The van der Waals surface area contributed by atoms with E-state index in [-0.39, 0.29) is 24.1 Å². The summed E-state index contributed by atoms with van der Waals surface area (Å²) in [6.45, 7) is 4.70. The summed E-state index contributed by atoms with van der Waals surface area (Å²) in [5, 5.41) is 1.94. The first-order chi connectivity index (χ1) is 13.5. The Balaban J connectivity index is 1.83. The number of rotatable bonds is 8. The Kier molecular flexibility index (Phi) is 6.46. The molecule has 1 saturated heterocycles. The van der Waals surface area contributed by atoms with Gasteiger partial charge in [-0.1, -0.05) is 13.0 Å². The Hall–Kier alpha value is -2.67. The Morgan fingerprint density at radius 2 is 1.96 bits per heavy atom. The Bertz CT molecular complexity index is 833. The first kappa shape index (κ1) is 20.1. The molecule has 1 unspecified atom stereocenters. The third-order valence-corrected chi connectivity index (χ3v) is 5.46. The summed E-state index contributed by atoms with van der Waals surface area (Å²) in [4.78, 5) is 42.2. The van der Waals surface area contributed by atoms with Crippen molar-refractivity contribution in [3.8, 4) is 5.75 Å². The van der Waals surface area contributed by atoms with E-state index in [2.05, 4.69) is 0 Å². The highest BCUT2D eigenvalue weighted by atomic mass is 32.1. The second-order valence-corrected chi connectivity index (χ2v) is 7.60. The molecule has 0 spiro atoms. The molecule has 1 aliphatic heterocycles. The lowest BCUT2D eigenvalue weighted by Crippen LogP contribution is -2.44. The molecule has 148 valence electrons. The molecule has 0 radical (unpaired) electrons. The predicted octanol–water partition coefficient (Wildman–Crippen LogP) is 3.61. The van der Waals surface area contributed by atoms with Gasteiger partial charge in [-0.2, -0.15) is 0 Å². The number of amides is 3.